The van der Waals surface area contributed by atoms with E-state index in [0.717, 1.165) is 11.3 Å². The van der Waals surface area contributed by atoms with Gasteiger partial charge in [0.2, 0.25) is 5.88 Å². The highest BCUT2D eigenvalue weighted by Gasteiger charge is 2.04. The Balaban J connectivity index is 1.64. The summed E-state index contributed by atoms with van der Waals surface area (Å²) in [6, 6.07) is 17.8. The Hall–Kier alpha value is -2.99. The predicted molar refractivity (Wildman–Crippen MR) is 103 cm³/mol. The number of allylic oxidation sites excluding steroid dienone is 1. The minimum Gasteiger partial charge on any atom is -0.497 e. The molecular weight excluding hydrogens is 396 g/mol. The summed E-state index contributed by atoms with van der Waals surface area (Å²) in [4.78, 5) is 12.3. The molecule has 0 bridgehead atoms. The van der Waals surface area contributed by atoms with E-state index in [1.165, 1.54) is 6.08 Å². The Morgan fingerprint density at radius 2 is 1.62 bits per heavy atom. The van der Waals surface area contributed by atoms with Gasteiger partial charge in [-0.3, -0.25) is 4.79 Å². The van der Waals surface area contributed by atoms with Gasteiger partial charge < -0.3 is 9.47 Å². The van der Waals surface area contributed by atoms with Crippen LogP contribution in [0, 0.1) is 0 Å². The van der Waals surface area contributed by atoms with E-state index < -0.39 is 0 Å². The second-order valence-electron chi connectivity index (χ2n) is 5.29. The van der Waals surface area contributed by atoms with Crippen LogP contribution in [0.2, 0.25) is 0 Å². The van der Waals surface area contributed by atoms with Gasteiger partial charge in [-0.25, -0.2) is 0 Å². The first-order valence-corrected chi connectivity index (χ1v) is 8.57. The number of halogens is 1. The number of ketones is 1. The van der Waals surface area contributed by atoms with Crippen LogP contribution in [0.15, 0.2) is 71.3 Å². The van der Waals surface area contributed by atoms with Crippen LogP contribution >= 0.6 is 15.9 Å². The third kappa shape index (κ3) is 4.77. The molecule has 26 heavy (non-hydrogen) atoms. The zero-order valence-electron chi connectivity index (χ0n) is 13.9. The van der Waals surface area contributed by atoms with Gasteiger partial charge in [-0.15, -0.1) is 10.2 Å². The molecule has 6 heteroatoms. The second kappa shape index (κ2) is 8.40. The zero-order chi connectivity index (χ0) is 18.4. The molecule has 3 rings (SSSR count). The van der Waals surface area contributed by atoms with Gasteiger partial charge in [-0.1, -0.05) is 18.2 Å². The van der Waals surface area contributed by atoms with E-state index >= 15 is 0 Å². The van der Waals surface area contributed by atoms with Gasteiger partial charge in [0.25, 0.3) is 0 Å². The number of hydrogen-bond donors (Lipinski definition) is 0. The van der Waals surface area contributed by atoms with Gasteiger partial charge in [-0.2, -0.15) is 0 Å². The minimum absolute atomic E-state index is 0.0872. The van der Waals surface area contributed by atoms with Crippen molar-refractivity contribution in [2.75, 3.05) is 7.11 Å². The Labute approximate surface area is 159 Å². The highest BCUT2D eigenvalue weighted by molar-refractivity contribution is 9.10. The molecule has 1 heterocycles. The average Bonchev–Trinajstić information content (AvgIpc) is 2.69. The quantitative estimate of drug-likeness (QED) is 0.425. The molecule has 0 saturated heterocycles. The van der Waals surface area contributed by atoms with Crippen molar-refractivity contribution in [2.24, 2.45) is 0 Å². The number of nitrogens with zero attached hydrogens (tertiary/aromatic N) is 2. The van der Waals surface area contributed by atoms with E-state index in [9.17, 15) is 4.79 Å². The molecule has 0 aliphatic heterocycles. The number of aromatic nitrogens is 2. The van der Waals surface area contributed by atoms with Crippen LogP contribution in [0.4, 0.5) is 0 Å². The Bertz CT molecular complexity index is 905. The van der Waals surface area contributed by atoms with Crippen LogP contribution in [0.5, 0.6) is 17.4 Å². The first-order valence-electron chi connectivity index (χ1n) is 7.78. The summed E-state index contributed by atoms with van der Waals surface area (Å²) in [5.74, 6) is 1.65. The summed E-state index contributed by atoms with van der Waals surface area (Å²) in [7, 11) is 1.62. The van der Waals surface area contributed by atoms with E-state index in [1.54, 1.807) is 49.6 Å². The SMILES string of the molecule is COc1ccc(C=CC(=O)c2ccc(Oc3ccc(Br)nn3)cc2)cc1. The molecule has 130 valence electrons. The van der Waals surface area contributed by atoms with Crippen molar-refractivity contribution in [2.45, 2.75) is 0 Å². The summed E-state index contributed by atoms with van der Waals surface area (Å²) in [6.07, 6.45) is 3.31. The lowest BCUT2D eigenvalue weighted by Crippen LogP contribution is -1.95. The highest BCUT2D eigenvalue weighted by Crippen LogP contribution is 2.20. The lowest BCUT2D eigenvalue weighted by molar-refractivity contribution is 0.104. The molecule has 0 spiro atoms. The largest absolute Gasteiger partial charge is 0.497 e. The number of hydrogen-bond acceptors (Lipinski definition) is 5. The van der Waals surface area contributed by atoms with E-state index in [0.29, 0.717) is 21.8 Å². The molecule has 0 atom stereocenters. The van der Waals surface area contributed by atoms with Crippen molar-refractivity contribution in [3.05, 3.63) is 82.5 Å². The Morgan fingerprint density at radius 1 is 0.923 bits per heavy atom. The van der Waals surface area contributed by atoms with Crippen molar-refractivity contribution < 1.29 is 14.3 Å². The zero-order valence-corrected chi connectivity index (χ0v) is 15.5. The molecule has 0 amide bonds. The molecule has 0 aliphatic carbocycles. The molecule has 1 aromatic heterocycles. The number of carbonyl (C=O) groups excluding carboxylic acids is 1. The van der Waals surface area contributed by atoms with Crippen molar-refractivity contribution in [1.29, 1.82) is 0 Å². The maximum absolute atomic E-state index is 12.3. The fourth-order valence-corrected chi connectivity index (χ4v) is 2.36. The summed E-state index contributed by atoms with van der Waals surface area (Å²) < 4.78 is 11.3. The standard InChI is InChI=1S/C20H15BrN2O3/c1-25-16-7-2-14(3-8-16)4-11-18(24)15-5-9-17(10-6-15)26-20-13-12-19(21)22-23-20/h2-13H,1H3. The van der Waals surface area contributed by atoms with Crippen molar-refractivity contribution in [1.82, 2.24) is 10.2 Å². The normalized spacial score (nSPS) is 10.7. The van der Waals surface area contributed by atoms with Crippen molar-refractivity contribution in [3.8, 4) is 17.4 Å². The van der Waals surface area contributed by atoms with Crippen LogP contribution in [0.1, 0.15) is 15.9 Å². The fraction of sp³-hybridized carbons (Fsp3) is 0.0500. The van der Waals surface area contributed by atoms with E-state index in [2.05, 4.69) is 26.1 Å². The number of ether oxygens (including phenoxy) is 2. The first-order chi connectivity index (χ1) is 12.6. The second-order valence-corrected chi connectivity index (χ2v) is 6.10. The number of methoxy groups -OCH3 is 1. The van der Waals surface area contributed by atoms with E-state index in [4.69, 9.17) is 9.47 Å². The molecule has 0 radical (unpaired) electrons. The minimum atomic E-state index is -0.0872. The molecule has 2 aromatic carbocycles. The summed E-state index contributed by atoms with van der Waals surface area (Å²) in [5, 5.41) is 7.76. The Kier molecular flexibility index (Phi) is 5.76. The maximum Gasteiger partial charge on any atom is 0.238 e. The van der Waals surface area contributed by atoms with Gasteiger partial charge in [0.15, 0.2) is 5.78 Å². The molecule has 0 aliphatic rings. The molecule has 3 aromatic rings. The average molecular weight is 411 g/mol. The fourth-order valence-electron chi connectivity index (χ4n) is 2.15. The van der Waals surface area contributed by atoms with Crippen molar-refractivity contribution in [3.63, 3.8) is 0 Å². The van der Waals surface area contributed by atoms with Gasteiger partial charge in [0, 0.05) is 11.6 Å². The first kappa shape index (κ1) is 17.8. The number of benzene rings is 2. The summed E-state index contributed by atoms with van der Waals surface area (Å²) in [5.41, 5.74) is 1.50. The van der Waals surface area contributed by atoms with Crippen LogP contribution in [0.25, 0.3) is 6.08 Å². The van der Waals surface area contributed by atoms with Crippen LogP contribution in [-0.2, 0) is 0 Å². The lowest BCUT2D eigenvalue weighted by atomic mass is 10.1. The molecule has 0 fully saturated rings. The molecule has 5 nitrogen and oxygen atoms in total. The highest BCUT2D eigenvalue weighted by atomic mass is 79.9. The number of rotatable bonds is 6. The lowest BCUT2D eigenvalue weighted by Gasteiger charge is -2.04. The van der Waals surface area contributed by atoms with Crippen LogP contribution < -0.4 is 9.47 Å². The van der Waals surface area contributed by atoms with Crippen LogP contribution in [0.3, 0.4) is 0 Å². The topological polar surface area (TPSA) is 61.3 Å². The monoisotopic (exact) mass is 410 g/mol. The molecule has 0 saturated carbocycles. The van der Waals surface area contributed by atoms with E-state index in [-0.39, 0.29) is 5.78 Å². The van der Waals surface area contributed by atoms with Gasteiger partial charge in [0.1, 0.15) is 16.1 Å². The predicted octanol–water partition coefficient (Wildman–Crippen LogP) is 4.94. The molecule has 0 N–H and O–H groups in total. The Morgan fingerprint density at radius 3 is 2.23 bits per heavy atom. The van der Waals surface area contributed by atoms with Gasteiger partial charge in [0.05, 0.1) is 7.11 Å². The molecular formula is C20H15BrN2O3. The van der Waals surface area contributed by atoms with Crippen molar-refractivity contribution >= 4 is 27.8 Å². The van der Waals surface area contributed by atoms with E-state index in [1.807, 2.05) is 24.3 Å². The third-order valence-corrected chi connectivity index (χ3v) is 3.93. The molecule has 0 unspecified atom stereocenters. The van der Waals surface area contributed by atoms with Gasteiger partial charge >= 0.3 is 0 Å². The summed E-state index contributed by atoms with van der Waals surface area (Å²) >= 11 is 3.22. The van der Waals surface area contributed by atoms with Gasteiger partial charge in [-0.05, 0) is 70.0 Å². The smallest absolute Gasteiger partial charge is 0.238 e. The maximum atomic E-state index is 12.3. The van der Waals surface area contributed by atoms with Crippen LogP contribution in [-0.4, -0.2) is 23.1 Å². The number of carbonyl (C=O) groups is 1. The third-order valence-electron chi connectivity index (χ3n) is 3.51. The summed E-state index contributed by atoms with van der Waals surface area (Å²) in [6.45, 7) is 0.